The van der Waals surface area contributed by atoms with Crippen LogP contribution in [0.5, 0.6) is 0 Å². The van der Waals surface area contributed by atoms with E-state index >= 15 is 0 Å². The van der Waals surface area contributed by atoms with Crippen molar-refractivity contribution >= 4 is 11.6 Å². The lowest BCUT2D eigenvalue weighted by Gasteiger charge is -2.34. The molecule has 1 fully saturated rings. The Kier molecular flexibility index (Phi) is 3.21. The number of hydrogen-bond acceptors (Lipinski definition) is 6. The van der Waals surface area contributed by atoms with Gasteiger partial charge in [-0.3, -0.25) is 0 Å². The van der Waals surface area contributed by atoms with Crippen LogP contribution >= 0.6 is 0 Å². The molecule has 0 aliphatic heterocycles. The molecule has 0 unspecified atom stereocenters. The van der Waals surface area contributed by atoms with Crippen molar-refractivity contribution in [1.82, 2.24) is 9.97 Å². The van der Waals surface area contributed by atoms with Crippen molar-refractivity contribution in [2.75, 3.05) is 17.9 Å². The monoisotopic (exact) mass is 223 g/mol. The zero-order valence-electron chi connectivity index (χ0n) is 9.53. The largest absolute Gasteiger partial charge is 0.381 e. The third-order valence-electron chi connectivity index (χ3n) is 2.77. The molecule has 1 aromatic rings. The van der Waals surface area contributed by atoms with Crippen LogP contribution < -0.4 is 16.6 Å². The topological polar surface area (TPSA) is 85.1 Å². The Hall–Kier alpha value is -1.40. The van der Waals surface area contributed by atoms with Crippen LogP contribution in [0.25, 0.3) is 0 Å². The summed E-state index contributed by atoms with van der Waals surface area (Å²) in [5.41, 5.74) is 2.52. The molecule has 6 heteroatoms. The lowest BCUT2D eigenvalue weighted by molar-refractivity contribution is 0.0328. The lowest BCUT2D eigenvalue weighted by atomic mass is 9.89. The molecule has 88 valence electrons. The highest BCUT2D eigenvalue weighted by Gasteiger charge is 2.29. The molecule has 0 bridgehead atoms. The van der Waals surface area contributed by atoms with Gasteiger partial charge >= 0.3 is 0 Å². The average molecular weight is 223 g/mol. The number of nitrogen functional groups attached to an aromatic ring is 1. The van der Waals surface area contributed by atoms with Gasteiger partial charge in [0.05, 0.1) is 6.10 Å². The van der Waals surface area contributed by atoms with Crippen molar-refractivity contribution in [3.8, 4) is 0 Å². The lowest BCUT2D eigenvalue weighted by Crippen LogP contribution is -2.40. The van der Waals surface area contributed by atoms with Gasteiger partial charge in [0.2, 0.25) is 0 Å². The van der Waals surface area contributed by atoms with Crippen LogP contribution in [-0.4, -0.2) is 29.2 Å². The number of nitrogens with two attached hydrogens (primary N) is 1. The molecule has 0 amide bonds. The molecule has 16 heavy (non-hydrogen) atoms. The predicted octanol–water partition coefficient (Wildman–Crippen LogP) is 0.660. The highest BCUT2D eigenvalue weighted by Crippen LogP contribution is 2.26. The van der Waals surface area contributed by atoms with Gasteiger partial charge in [-0.05, 0) is 19.8 Å². The van der Waals surface area contributed by atoms with Gasteiger partial charge < -0.3 is 15.5 Å². The first-order valence-electron chi connectivity index (χ1n) is 5.33. The summed E-state index contributed by atoms with van der Waals surface area (Å²) in [6, 6.07) is 2.23. The Balaban J connectivity index is 1.97. The third-order valence-corrected chi connectivity index (χ3v) is 2.77. The summed E-state index contributed by atoms with van der Waals surface area (Å²) in [6.45, 7) is 1.84. The maximum Gasteiger partial charge on any atom is 0.145 e. The number of hydrogen-bond donors (Lipinski definition) is 3. The van der Waals surface area contributed by atoms with Gasteiger partial charge in [0.1, 0.15) is 17.5 Å². The second-order valence-electron chi connectivity index (χ2n) is 4.00. The Morgan fingerprint density at radius 3 is 2.69 bits per heavy atom. The van der Waals surface area contributed by atoms with Crippen molar-refractivity contribution in [3.05, 3.63) is 11.9 Å². The first-order chi connectivity index (χ1) is 7.71. The zero-order chi connectivity index (χ0) is 11.5. The molecule has 1 saturated carbocycles. The van der Waals surface area contributed by atoms with E-state index in [1.807, 2.05) is 6.92 Å². The number of anilines is 2. The van der Waals surface area contributed by atoms with E-state index < -0.39 is 0 Å². The second kappa shape index (κ2) is 4.63. The van der Waals surface area contributed by atoms with Gasteiger partial charge in [-0.25, -0.2) is 15.8 Å². The Labute approximate surface area is 94.6 Å². The summed E-state index contributed by atoms with van der Waals surface area (Å²) in [6.07, 6.45) is 2.42. The zero-order valence-corrected chi connectivity index (χ0v) is 9.53. The SMILES string of the molecule is COC1CC(Nc2cc(NN)nc(C)n2)C1. The summed E-state index contributed by atoms with van der Waals surface area (Å²) >= 11 is 0. The number of hydrazine groups is 1. The molecular formula is C10H17N5O. The molecule has 1 aliphatic carbocycles. The van der Waals surface area contributed by atoms with Crippen molar-refractivity contribution in [2.24, 2.45) is 5.84 Å². The predicted molar refractivity (Wildman–Crippen MR) is 62.0 cm³/mol. The molecule has 1 aromatic heterocycles. The normalized spacial score (nSPS) is 23.7. The van der Waals surface area contributed by atoms with Crippen LogP contribution in [0.4, 0.5) is 11.6 Å². The first-order valence-corrected chi connectivity index (χ1v) is 5.33. The fraction of sp³-hybridized carbons (Fsp3) is 0.600. The van der Waals surface area contributed by atoms with Crippen molar-refractivity contribution in [1.29, 1.82) is 0 Å². The third kappa shape index (κ3) is 2.40. The van der Waals surface area contributed by atoms with E-state index in [0.29, 0.717) is 23.8 Å². The first kappa shape index (κ1) is 11.1. The molecule has 0 aromatic carbocycles. The van der Waals surface area contributed by atoms with Crippen molar-refractivity contribution in [3.63, 3.8) is 0 Å². The van der Waals surface area contributed by atoms with Gasteiger partial charge in [-0.15, -0.1) is 0 Å². The molecule has 6 nitrogen and oxygen atoms in total. The average Bonchev–Trinajstić information content (AvgIpc) is 2.22. The molecule has 1 heterocycles. The van der Waals surface area contributed by atoms with E-state index in [4.69, 9.17) is 10.6 Å². The van der Waals surface area contributed by atoms with E-state index in [-0.39, 0.29) is 0 Å². The molecule has 0 radical (unpaired) electrons. The number of nitrogens with zero attached hydrogens (tertiary/aromatic N) is 2. The maximum atomic E-state index is 5.32. The van der Waals surface area contributed by atoms with E-state index in [0.717, 1.165) is 18.7 Å². The van der Waals surface area contributed by atoms with Crippen molar-refractivity contribution < 1.29 is 4.74 Å². The maximum absolute atomic E-state index is 5.32. The molecule has 4 N–H and O–H groups in total. The standard InChI is InChI=1S/C10H17N5O/c1-6-12-9(5-10(13-6)15-11)14-7-3-8(4-7)16-2/h5,7-8H,3-4,11H2,1-2H3,(H2,12,13,14,15). The Bertz CT molecular complexity index is 364. The van der Waals surface area contributed by atoms with Crippen LogP contribution in [0.15, 0.2) is 6.07 Å². The van der Waals surface area contributed by atoms with Gasteiger partial charge in [-0.2, -0.15) is 0 Å². The molecular weight excluding hydrogens is 206 g/mol. The number of nitrogens with one attached hydrogen (secondary N) is 2. The summed E-state index contributed by atoms with van der Waals surface area (Å²) < 4.78 is 5.22. The van der Waals surface area contributed by atoms with E-state index in [2.05, 4.69) is 20.7 Å². The number of methoxy groups -OCH3 is 1. The minimum absolute atomic E-state index is 0.382. The van der Waals surface area contributed by atoms with Gasteiger partial charge in [0, 0.05) is 19.2 Å². The smallest absolute Gasteiger partial charge is 0.145 e. The summed E-state index contributed by atoms with van der Waals surface area (Å²) in [7, 11) is 1.74. The van der Waals surface area contributed by atoms with Gasteiger partial charge in [-0.1, -0.05) is 0 Å². The minimum atomic E-state index is 0.382. The molecule has 2 rings (SSSR count). The highest BCUT2D eigenvalue weighted by molar-refractivity contribution is 5.47. The van der Waals surface area contributed by atoms with Crippen LogP contribution in [0.2, 0.25) is 0 Å². The minimum Gasteiger partial charge on any atom is -0.381 e. The number of aryl methyl sites for hydroxylation is 1. The summed E-state index contributed by atoms with van der Waals surface area (Å²) in [4.78, 5) is 8.42. The van der Waals surface area contributed by atoms with Gasteiger partial charge in [0.25, 0.3) is 0 Å². The van der Waals surface area contributed by atoms with Crippen LogP contribution in [0.3, 0.4) is 0 Å². The van der Waals surface area contributed by atoms with E-state index in [1.165, 1.54) is 0 Å². The Morgan fingerprint density at radius 2 is 2.06 bits per heavy atom. The van der Waals surface area contributed by atoms with Crippen LogP contribution in [0, 0.1) is 6.92 Å². The summed E-state index contributed by atoms with van der Waals surface area (Å²) in [5, 5.41) is 3.33. The van der Waals surface area contributed by atoms with Crippen LogP contribution in [-0.2, 0) is 4.74 Å². The Morgan fingerprint density at radius 1 is 1.38 bits per heavy atom. The molecule has 0 saturated heterocycles. The van der Waals surface area contributed by atoms with Crippen molar-refractivity contribution in [2.45, 2.75) is 31.9 Å². The highest BCUT2D eigenvalue weighted by atomic mass is 16.5. The second-order valence-corrected chi connectivity index (χ2v) is 4.00. The van der Waals surface area contributed by atoms with Gasteiger partial charge in [0.15, 0.2) is 0 Å². The molecule has 0 atom stereocenters. The fourth-order valence-electron chi connectivity index (χ4n) is 1.80. The fourth-order valence-corrected chi connectivity index (χ4v) is 1.80. The summed E-state index contributed by atoms with van der Waals surface area (Å²) in [5.74, 6) is 7.44. The van der Waals surface area contributed by atoms with Crippen LogP contribution in [0.1, 0.15) is 18.7 Å². The van der Waals surface area contributed by atoms with E-state index in [9.17, 15) is 0 Å². The number of rotatable bonds is 4. The molecule has 1 aliphatic rings. The number of aromatic nitrogens is 2. The quantitative estimate of drug-likeness (QED) is 0.513. The number of ether oxygens (including phenoxy) is 1. The van der Waals surface area contributed by atoms with E-state index in [1.54, 1.807) is 13.2 Å². The molecule has 0 spiro atoms.